The van der Waals surface area contributed by atoms with E-state index in [0.29, 0.717) is 6.42 Å². The third-order valence-electron chi connectivity index (χ3n) is 8.53. The number of nitrogens with zero attached hydrogens (tertiary/aromatic N) is 1. The van der Waals surface area contributed by atoms with Gasteiger partial charge < -0.3 is 23.7 Å². The number of benzene rings is 1. The van der Waals surface area contributed by atoms with Gasteiger partial charge in [0.05, 0.1) is 46.7 Å². The number of rotatable bonds is 5. The van der Waals surface area contributed by atoms with Gasteiger partial charge in [-0.1, -0.05) is 24.3 Å². The van der Waals surface area contributed by atoms with Crippen molar-refractivity contribution in [2.24, 2.45) is 11.8 Å². The smallest absolute Gasteiger partial charge is 0.336 e. The van der Waals surface area contributed by atoms with Crippen LogP contribution in [-0.4, -0.2) is 87.9 Å². The van der Waals surface area contributed by atoms with Gasteiger partial charge in [0.25, 0.3) is 0 Å². The number of hydrogen-bond donors (Lipinski definition) is 0. The first-order valence-electron chi connectivity index (χ1n) is 11.8. The highest BCUT2D eigenvalue weighted by Gasteiger charge is 2.80. The molecule has 7 atom stereocenters. The molecule has 37 heavy (non-hydrogen) atoms. The van der Waals surface area contributed by atoms with Crippen LogP contribution in [-0.2, 0) is 47.7 Å². The molecular weight excluding hydrogens is 486 g/mol. The van der Waals surface area contributed by atoms with Crippen LogP contribution in [0.15, 0.2) is 35.4 Å². The predicted molar refractivity (Wildman–Crippen MR) is 123 cm³/mol. The highest BCUT2D eigenvalue weighted by Crippen LogP contribution is 2.71. The molecule has 1 aromatic carbocycles. The first-order chi connectivity index (χ1) is 17.8. The maximum absolute atomic E-state index is 14.0. The summed E-state index contributed by atoms with van der Waals surface area (Å²) in [5, 5.41) is 0. The fraction of sp³-hybridized carbons (Fsp3) is 0.500. The molecule has 2 aliphatic heterocycles. The second kappa shape index (κ2) is 8.69. The first kappa shape index (κ1) is 24.9. The van der Waals surface area contributed by atoms with Gasteiger partial charge in [-0.3, -0.25) is 9.69 Å². The molecule has 0 aromatic heterocycles. The average molecular weight is 513 g/mol. The maximum atomic E-state index is 14.0. The predicted octanol–water partition coefficient (Wildman–Crippen LogP) is 0.470. The van der Waals surface area contributed by atoms with Gasteiger partial charge in [0.15, 0.2) is 5.54 Å². The first-order valence-corrected chi connectivity index (χ1v) is 11.8. The van der Waals surface area contributed by atoms with E-state index in [2.05, 4.69) is 0 Å². The van der Waals surface area contributed by atoms with Crippen molar-refractivity contribution in [3.05, 3.63) is 46.5 Å². The summed E-state index contributed by atoms with van der Waals surface area (Å²) in [6.07, 6.45) is 0.611. The van der Waals surface area contributed by atoms with Crippen molar-refractivity contribution in [1.29, 1.82) is 0 Å². The minimum Gasteiger partial charge on any atom is -0.468 e. The highest BCUT2D eigenvalue weighted by molar-refractivity contribution is 6.14. The molecule has 0 N–H and O–H groups in total. The van der Waals surface area contributed by atoms with Crippen molar-refractivity contribution in [3.8, 4) is 0 Å². The van der Waals surface area contributed by atoms with Crippen molar-refractivity contribution >= 4 is 29.8 Å². The second-order valence-electron chi connectivity index (χ2n) is 9.51. The quantitative estimate of drug-likeness (QED) is 0.402. The van der Waals surface area contributed by atoms with Crippen LogP contribution in [0.4, 0.5) is 0 Å². The summed E-state index contributed by atoms with van der Waals surface area (Å²) in [7, 11) is 5.65. The van der Waals surface area contributed by atoms with Crippen LogP contribution in [0, 0.1) is 11.8 Å². The molecule has 0 radical (unpaired) electrons. The number of methoxy groups -OCH3 is 5. The molecule has 2 fully saturated rings. The van der Waals surface area contributed by atoms with Crippen molar-refractivity contribution in [1.82, 2.24) is 4.90 Å². The van der Waals surface area contributed by atoms with Crippen molar-refractivity contribution in [2.45, 2.75) is 35.9 Å². The molecule has 1 aromatic rings. The molecule has 1 saturated carbocycles. The third-order valence-corrected chi connectivity index (χ3v) is 8.53. The van der Waals surface area contributed by atoms with E-state index in [4.69, 9.17) is 23.7 Å². The van der Waals surface area contributed by atoms with E-state index in [1.807, 2.05) is 24.3 Å². The molecule has 0 amide bonds. The lowest BCUT2D eigenvalue weighted by atomic mass is 9.66. The van der Waals surface area contributed by atoms with Gasteiger partial charge >= 0.3 is 29.8 Å². The number of ether oxygens (including phenoxy) is 5. The van der Waals surface area contributed by atoms with Gasteiger partial charge in [-0.05, 0) is 35.3 Å². The van der Waals surface area contributed by atoms with Crippen LogP contribution < -0.4 is 0 Å². The average Bonchev–Trinajstić information content (AvgIpc) is 3.65. The molecule has 2 heterocycles. The summed E-state index contributed by atoms with van der Waals surface area (Å²) < 4.78 is 25.5. The minimum absolute atomic E-state index is 0.166. The third kappa shape index (κ3) is 2.88. The van der Waals surface area contributed by atoms with Gasteiger partial charge in [-0.15, -0.1) is 0 Å². The Morgan fingerprint density at radius 1 is 0.784 bits per heavy atom. The molecule has 2 bridgehead atoms. The summed E-state index contributed by atoms with van der Waals surface area (Å²) in [5.41, 5.74) is -0.797. The molecular formula is C26H27NO10. The molecule has 11 heteroatoms. The Morgan fingerprint density at radius 3 is 1.92 bits per heavy atom. The normalized spacial score (nSPS) is 32.8. The second-order valence-corrected chi connectivity index (χ2v) is 9.51. The zero-order valence-electron chi connectivity index (χ0n) is 21.0. The lowest BCUT2D eigenvalue weighted by Crippen LogP contribution is -2.61. The van der Waals surface area contributed by atoms with E-state index in [-0.39, 0.29) is 17.4 Å². The number of hydrogen-bond acceptors (Lipinski definition) is 11. The Kier molecular flexibility index (Phi) is 5.86. The number of carbonyl (C=O) groups is 5. The van der Waals surface area contributed by atoms with Gasteiger partial charge in [0, 0.05) is 5.92 Å². The maximum Gasteiger partial charge on any atom is 0.336 e. The Bertz CT molecular complexity index is 1250. The lowest BCUT2D eigenvalue weighted by molar-refractivity contribution is -0.164. The summed E-state index contributed by atoms with van der Waals surface area (Å²) in [5.74, 6) is -6.29. The van der Waals surface area contributed by atoms with Crippen LogP contribution in [0.3, 0.4) is 0 Å². The number of carbonyl (C=O) groups excluding carboxylic acids is 5. The Hall–Kier alpha value is -3.73. The fourth-order valence-electron chi connectivity index (χ4n) is 7.57. The molecule has 196 valence electrons. The zero-order chi connectivity index (χ0) is 26.8. The van der Waals surface area contributed by atoms with E-state index in [1.165, 1.54) is 12.0 Å². The van der Waals surface area contributed by atoms with E-state index in [9.17, 15) is 24.0 Å². The molecule has 5 rings (SSSR count). The van der Waals surface area contributed by atoms with Gasteiger partial charge in [0.2, 0.25) is 0 Å². The van der Waals surface area contributed by atoms with E-state index in [1.54, 1.807) is 0 Å². The van der Waals surface area contributed by atoms with Crippen molar-refractivity contribution in [2.75, 3.05) is 35.5 Å². The highest BCUT2D eigenvalue weighted by atomic mass is 16.5. The molecule has 2 aliphatic carbocycles. The van der Waals surface area contributed by atoms with E-state index in [0.717, 1.165) is 39.6 Å². The van der Waals surface area contributed by atoms with E-state index < -0.39 is 64.9 Å². The molecule has 4 aliphatic rings. The van der Waals surface area contributed by atoms with Crippen molar-refractivity contribution in [3.63, 3.8) is 0 Å². The Balaban J connectivity index is 1.90. The van der Waals surface area contributed by atoms with Crippen LogP contribution in [0.5, 0.6) is 0 Å². The lowest BCUT2D eigenvalue weighted by Gasteiger charge is -2.40. The summed E-state index contributed by atoms with van der Waals surface area (Å²) in [4.78, 5) is 68.7. The monoisotopic (exact) mass is 513 g/mol. The number of fused-ring (bicyclic) bond motifs is 10. The van der Waals surface area contributed by atoms with Crippen LogP contribution >= 0.6 is 0 Å². The van der Waals surface area contributed by atoms with Crippen molar-refractivity contribution < 1.29 is 47.7 Å². The molecule has 5 unspecified atom stereocenters. The summed E-state index contributed by atoms with van der Waals surface area (Å²) >= 11 is 0. The topological polar surface area (TPSA) is 135 Å². The SMILES string of the molecule is COC(=O)C1=C(C(=O)OC)[C@@]2(C(=O)OC)C3C4CC(c5ccccc54)C3C(C(=O)OC)N2[C@H]1C(=O)OC. The fourth-order valence-corrected chi connectivity index (χ4v) is 7.57. The van der Waals surface area contributed by atoms with Gasteiger partial charge in [-0.25, -0.2) is 19.2 Å². The van der Waals surface area contributed by atoms with Crippen LogP contribution in [0.1, 0.15) is 29.4 Å². The number of esters is 5. The van der Waals surface area contributed by atoms with Gasteiger partial charge in [0.1, 0.15) is 12.1 Å². The van der Waals surface area contributed by atoms with Crippen LogP contribution in [0.25, 0.3) is 0 Å². The Morgan fingerprint density at radius 2 is 1.38 bits per heavy atom. The van der Waals surface area contributed by atoms with E-state index >= 15 is 0 Å². The molecule has 0 spiro atoms. The Labute approximate surface area is 212 Å². The molecule has 11 nitrogen and oxygen atoms in total. The summed E-state index contributed by atoms with van der Waals surface area (Å²) in [6, 6.07) is 4.92. The molecule has 1 saturated heterocycles. The minimum atomic E-state index is -2.01. The standard InChI is InChI=1S/C26H27NO10/c1-33-21(28)16-18(22(29)34-2)26(25(32)37-5)17-14-10-13(11-8-6-7-9-12(11)14)15(17)19(23(30)35-3)27(26)20(16)24(31)36-4/h6-9,13-15,17,19-20H,10H2,1-5H3/t13?,14?,15?,17?,19?,20-,26-/m1/s1. The largest absolute Gasteiger partial charge is 0.468 e. The summed E-state index contributed by atoms with van der Waals surface area (Å²) in [6.45, 7) is 0. The zero-order valence-corrected chi connectivity index (χ0v) is 21.0. The van der Waals surface area contributed by atoms with Crippen LogP contribution in [0.2, 0.25) is 0 Å². The van der Waals surface area contributed by atoms with Gasteiger partial charge in [-0.2, -0.15) is 0 Å².